The second-order valence-electron chi connectivity index (χ2n) is 5.52. The summed E-state index contributed by atoms with van der Waals surface area (Å²) in [7, 11) is 0. The Morgan fingerprint density at radius 1 is 0.870 bits per heavy atom. The fraction of sp³-hybridized carbons (Fsp3) is 0.105. The van der Waals surface area contributed by atoms with Crippen LogP contribution in [0.3, 0.4) is 0 Å². The Balaban J connectivity index is 1.73. The van der Waals surface area contributed by atoms with Gasteiger partial charge in [-0.05, 0) is 11.1 Å². The van der Waals surface area contributed by atoms with Crippen LogP contribution in [0.1, 0.15) is 22.9 Å². The van der Waals surface area contributed by atoms with E-state index >= 15 is 0 Å². The maximum atomic E-state index is 4.60. The highest BCUT2D eigenvalue weighted by Crippen LogP contribution is 2.28. The van der Waals surface area contributed by atoms with E-state index < -0.39 is 0 Å². The van der Waals surface area contributed by atoms with E-state index in [2.05, 4.69) is 68.5 Å². The van der Waals surface area contributed by atoms with E-state index in [1.165, 1.54) is 17.5 Å². The number of benzene rings is 2. The largest absolute Gasteiger partial charge is 0.339 e. The summed E-state index contributed by atoms with van der Waals surface area (Å²) in [6.07, 6.45) is 4.09. The molecule has 0 saturated heterocycles. The van der Waals surface area contributed by atoms with E-state index in [1.54, 1.807) is 6.20 Å². The van der Waals surface area contributed by atoms with Gasteiger partial charge in [-0.1, -0.05) is 60.7 Å². The maximum Gasteiger partial charge on any atom is 0.180 e. The average molecular weight is 300 g/mol. The molecule has 0 aliphatic carbocycles. The van der Waals surface area contributed by atoms with Gasteiger partial charge >= 0.3 is 0 Å². The minimum absolute atomic E-state index is 0.255. The van der Waals surface area contributed by atoms with Crippen LogP contribution in [-0.4, -0.2) is 19.9 Å². The molecule has 0 saturated carbocycles. The van der Waals surface area contributed by atoms with Gasteiger partial charge in [0.25, 0.3) is 0 Å². The van der Waals surface area contributed by atoms with E-state index in [0.29, 0.717) is 0 Å². The van der Waals surface area contributed by atoms with Gasteiger partial charge in [-0.2, -0.15) is 0 Å². The Morgan fingerprint density at radius 3 is 2.13 bits per heavy atom. The lowest BCUT2D eigenvalue weighted by Crippen LogP contribution is -2.06. The topological polar surface area (TPSA) is 54.5 Å². The van der Waals surface area contributed by atoms with Crippen molar-refractivity contribution in [3.05, 3.63) is 90.1 Å². The van der Waals surface area contributed by atoms with Crippen LogP contribution in [-0.2, 0) is 6.42 Å². The van der Waals surface area contributed by atoms with Crippen LogP contribution in [0.15, 0.2) is 73.2 Å². The van der Waals surface area contributed by atoms with Crippen molar-refractivity contribution in [3.8, 4) is 0 Å². The van der Waals surface area contributed by atoms with Gasteiger partial charge in [0.1, 0.15) is 17.7 Å². The first kappa shape index (κ1) is 13.6. The lowest BCUT2D eigenvalue weighted by molar-refractivity contribution is 0.768. The van der Waals surface area contributed by atoms with Crippen LogP contribution in [0, 0.1) is 0 Å². The zero-order valence-corrected chi connectivity index (χ0v) is 12.6. The number of rotatable bonds is 4. The van der Waals surface area contributed by atoms with Gasteiger partial charge in [0, 0.05) is 12.3 Å². The fourth-order valence-electron chi connectivity index (χ4n) is 2.90. The molecule has 0 fully saturated rings. The first-order chi connectivity index (χ1) is 11.4. The Morgan fingerprint density at radius 2 is 1.52 bits per heavy atom. The molecule has 4 aromatic rings. The zero-order valence-electron chi connectivity index (χ0n) is 12.6. The van der Waals surface area contributed by atoms with Gasteiger partial charge in [-0.25, -0.2) is 15.0 Å². The number of hydrogen-bond donors (Lipinski definition) is 1. The standard InChI is InChI=1S/C19H16N4/c1-3-7-14(8-4-1)16(15-9-5-2-6-10-15)11-18-22-17-12-20-13-21-19(17)23-18/h1-10,12-13,16H,11H2,(H,20,21,22,23). The number of hydrogen-bond acceptors (Lipinski definition) is 3. The van der Waals surface area contributed by atoms with E-state index in [9.17, 15) is 0 Å². The molecule has 4 heteroatoms. The molecule has 0 aliphatic heterocycles. The fourth-order valence-corrected chi connectivity index (χ4v) is 2.90. The highest BCUT2D eigenvalue weighted by molar-refractivity contribution is 5.68. The molecule has 0 spiro atoms. The summed E-state index contributed by atoms with van der Waals surface area (Å²) in [4.78, 5) is 16.2. The lowest BCUT2D eigenvalue weighted by Gasteiger charge is -2.16. The number of aromatic amines is 1. The van der Waals surface area contributed by atoms with Crippen LogP contribution in [0.2, 0.25) is 0 Å². The van der Waals surface area contributed by atoms with E-state index in [4.69, 9.17) is 0 Å². The average Bonchev–Trinajstić information content (AvgIpc) is 3.04. The molecule has 0 aliphatic rings. The molecule has 2 heterocycles. The number of nitrogens with one attached hydrogen (secondary N) is 1. The summed E-state index contributed by atoms with van der Waals surface area (Å²) in [6, 6.07) is 21.1. The third kappa shape index (κ3) is 2.83. The summed E-state index contributed by atoms with van der Waals surface area (Å²) in [6.45, 7) is 0. The summed E-state index contributed by atoms with van der Waals surface area (Å²) in [5, 5.41) is 0. The minimum atomic E-state index is 0.255. The number of H-pyrrole nitrogens is 1. The molecule has 1 N–H and O–H groups in total. The van der Waals surface area contributed by atoms with Gasteiger partial charge in [-0.15, -0.1) is 0 Å². The quantitative estimate of drug-likeness (QED) is 0.625. The lowest BCUT2D eigenvalue weighted by atomic mass is 9.88. The number of nitrogens with zero attached hydrogens (tertiary/aromatic N) is 3. The number of aromatic nitrogens is 4. The van der Waals surface area contributed by atoms with Crippen LogP contribution >= 0.6 is 0 Å². The predicted octanol–water partition coefficient (Wildman–Crippen LogP) is 3.73. The Hall–Kier alpha value is -3.01. The third-order valence-electron chi connectivity index (χ3n) is 4.01. The van der Waals surface area contributed by atoms with Crippen molar-refractivity contribution in [2.75, 3.05) is 0 Å². The smallest absolute Gasteiger partial charge is 0.180 e. The van der Waals surface area contributed by atoms with Crippen molar-refractivity contribution in [1.82, 2.24) is 19.9 Å². The molecule has 0 amide bonds. The molecule has 4 nitrogen and oxygen atoms in total. The van der Waals surface area contributed by atoms with Crippen molar-refractivity contribution in [2.45, 2.75) is 12.3 Å². The van der Waals surface area contributed by atoms with Gasteiger partial charge < -0.3 is 4.98 Å². The highest BCUT2D eigenvalue weighted by Gasteiger charge is 2.17. The molecule has 0 atom stereocenters. The van der Waals surface area contributed by atoms with Crippen molar-refractivity contribution >= 4 is 11.2 Å². The van der Waals surface area contributed by atoms with Crippen molar-refractivity contribution in [1.29, 1.82) is 0 Å². The third-order valence-corrected chi connectivity index (χ3v) is 4.01. The molecule has 23 heavy (non-hydrogen) atoms. The number of fused-ring (bicyclic) bond motifs is 1. The van der Waals surface area contributed by atoms with Crippen molar-refractivity contribution in [3.63, 3.8) is 0 Å². The van der Waals surface area contributed by atoms with Crippen LogP contribution in [0.25, 0.3) is 11.2 Å². The molecule has 0 bridgehead atoms. The maximum absolute atomic E-state index is 4.60. The highest BCUT2D eigenvalue weighted by atomic mass is 15.0. The van der Waals surface area contributed by atoms with E-state index in [1.807, 2.05) is 12.1 Å². The number of imidazole rings is 1. The zero-order chi connectivity index (χ0) is 15.5. The molecule has 0 unspecified atom stereocenters. The molecule has 4 rings (SSSR count). The summed E-state index contributed by atoms with van der Waals surface area (Å²) >= 11 is 0. The normalized spacial score (nSPS) is 11.2. The first-order valence-corrected chi connectivity index (χ1v) is 7.64. The first-order valence-electron chi connectivity index (χ1n) is 7.64. The molecule has 0 radical (unpaired) electrons. The second kappa shape index (κ2) is 6.01. The van der Waals surface area contributed by atoms with Crippen LogP contribution < -0.4 is 0 Å². The second-order valence-corrected chi connectivity index (χ2v) is 5.52. The monoisotopic (exact) mass is 300 g/mol. The Bertz CT molecular complexity index is 828. The summed E-state index contributed by atoms with van der Waals surface area (Å²) in [5.74, 6) is 1.18. The van der Waals surface area contributed by atoms with Gasteiger partial charge in [0.05, 0.1) is 6.20 Å². The van der Waals surface area contributed by atoms with Gasteiger partial charge in [0.2, 0.25) is 0 Å². The van der Waals surface area contributed by atoms with E-state index in [-0.39, 0.29) is 5.92 Å². The van der Waals surface area contributed by atoms with Crippen LogP contribution in [0.5, 0.6) is 0 Å². The molecule has 2 aromatic heterocycles. The predicted molar refractivity (Wildman–Crippen MR) is 90.1 cm³/mol. The van der Waals surface area contributed by atoms with Gasteiger partial charge in [0.15, 0.2) is 5.65 Å². The summed E-state index contributed by atoms with van der Waals surface area (Å²) in [5.41, 5.74) is 4.16. The molecule has 2 aromatic carbocycles. The van der Waals surface area contributed by atoms with Gasteiger partial charge in [-0.3, -0.25) is 0 Å². The summed E-state index contributed by atoms with van der Waals surface area (Å²) < 4.78 is 0. The minimum Gasteiger partial charge on any atom is -0.339 e. The van der Waals surface area contributed by atoms with Crippen molar-refractivity contribution < 1.29 is 0 Å². The molecular formula is C19H16N4. The molecular weight excluding hydrogens is 284 g/mol. The Labute approximate surface area is 134 Å². The molecule has 112 valence electrons. The SMILES string of the molecule is c1ccc(C(Cc2nc3ncncc3[nH]2)c2ccccc2)cc1. The van der Waals surface area contributed by atoms with Crippen molar-refractivity contribution in [2.24, 2.45) is 0 Å². The van der Waals surface area contributed by atoms with Crippen LogP contribution in [0.4, 0.5) is 0 Å². The van der Waals surface area contributed by atoms with E-state index in [0.717, 1.165) is 23.4 Å². The Kier molecular flexibility index (Phi) is 3.56.